The highest BCUT2D eigenvalue weighted by Crippen LogP contribution is 2.37. The predicted octanol–water partition coefficient (Wildman–Crippen LogP) is -0.0128. The zero-order valence-corrected chi connectivity index (χ0v) is 13.3. The molecule has 0 aromatic heterocycles. The lowest BCUT2D eigenvalue weighted by Gasteiger charge is -2.38. The zero-order chi connectivity index (χ0) is 15.5. The number of rotatable bonds is 4. The molecule has 2 N–H and O–H groups in total. The molecule has 0 aliphatic carbocycles. The van der Waals surface area contributed by atoms with Crippen LogP contribution in [0.5, 0.6) is 0 Å². The topological polar surface area (TPSA) is 70.7 Å². The molecular weight excluding hydrogens is 270 g/mol. The number of methoxy groups -OCH3 is 1. The summed E-state index contributed by atoms with van der Waals surface area (Å²) in [6.07, 6.45) is 2.32. The largest absolute Gasteiger partial charge is 0.384 e. The van der Waals surface area contributed by atoms with Crippen molar-refractivity contribution in [2.45, 2.75) is 26.2 Å². The van der Waals surface area contributed by atoms with Crippen LogP contribution in [0.25, 0.3) is 0 Å². The van der Waals surface area contributed by atoms with E-state index in [2.05, 4.69) is 10.6 Å². The molecule has 21 heavy (non-hydrogen) atoms. The maximum atomic E-state index is 13.0. The van der Waals surface area contributed by atoms with Gasteiger partial charge in [-0.05, 0) is 39.3 Å². The van der Waals surface area contributed by atoms with Gasteiger partial charge in [-0.1, -0.05) is 0 Å². The van der Waals surface area contributed by atoms with Gasteiger partial charge >= 0.3 is 0 Å². The summed E-state index contributed by atoms with van der Waals surface area (Å²) >= 11 is 0. The number of piperidine rings is 1. The number of carbonyl (C=O) groups is 2. The van der Waals surface area contributed by atoms with E-state index in [1.807, 2.05) is 11.8 Å². The second-order valence-electron chi connectivity index (χ2n) is 6.58. The van der Waals surface area contributed by atoms with Crippen LogP contribution in [0.15, 0.2) is 0 Å². The zero-order valence-electron chi connectivity index (χ0n) is 13.3. The Kier molecular flexibility index (Phi) is 4.88. The van der Waals surface area contributed by atoms with E-state index >= 15 is 0 Å². The molecule has 1 unspecified atom stereocenters. The maximum absolute atomic E-state index is 13.0. The number of likely N-dealkylation sites (tertiary alicyclic amines) is 1. The highest BCUT2D eigenvalue weighted by Gasteiger charge is 2.48. The molecule has 2 saturated heterocycles. The van der Waals surface area contributed by atoms with Crippen LogP contribution in [0.3, 0.4) is 0 Å². The summed E-state index contributed by atoms with van der Waals surface area (Å²) in [4.78, 5) is 26.9. The third-order valence-corrected chi connectivity index (χ3v) is 4.97. The van der Waals surface area contributed by atoms with E-state index in [1.165, 1.54) is 0 Å². The van der Waals surface area contributed by atoms with Gasteiger partial charge in [-0.2, -0.15) is 0 Å². The van der Waals surface area contributed by atoms with Crippen molar-refractivity contribution in [3.8, 4) is 0 Å². The van der Waals surface area contributed by atoms with E-state index in [-0.39, 0.29) is 11.8 Å². The minimum atomic E-state index is -0.467. The molecule has 6 heteroatoms. The number of hydrogen-bond acceptors (Lipinski definition) is 4. The molecule has 2 rings (SSSR count). The van der Waals surface area contributed by atoms with Gasteiger partial charge in [0.15, 0.2) is 0 Å². The van der Waals surface area contributed by atoms with Gasteiger partial charge in [-0.25, -0.2) is 0 Å². The summed E-state index contributed by atoms with van der Waals surface area (Å²) in [5, 5.41) is 6.01. The van der Waals surface area contributed by atoms with Gasteiger partial charge in [0.1, 0.15) is 0 Å². The lowest BCUT2D eigenvalue weighted by Crippen LogP contribution is -2.51. The van der Waals surface area contributed by atoms with E-state index in [4.69, 9.17) is 4.74 Å². The molecule has 0 aromatic carbocycles. The fraction of sp³-hybridized carbons (Fsp3) is 0.867. The van der Waals surface area contributed by atoms with Crippen molar-refractivity contribution in [2.24, 2.45) is 10.8 Å². The van der Waals surface area contributed by atoms with Crippen LogP contribution in [0.1, 0.15) is 26.2 Å². The van der Waals surface area contributed by atoms with Crippen LogP contribution >= 0.6 is 0 Å². The van der Waals surface area contributed by atoms with Crippen LogP contribution in [-0.4, -0.2) is 63.7 Å². The normalized spacial score (nSPS) is 28.4. The number of nitrogens with zero attached hydrogens (tertiary/aromatic N) is 1. The second kappa shape index (κ2) is 6.32. The van der Waals surface area contributed by atoms with Gasteiger partial charge in [-0.3, -0.25) is 9.59 Å². The minimum Gasteiger partial charge on any atom is -0.384 e. The van der Waals surface area contributed by atoms with E-state index in [0.717, 1.165) is 32.4 Å². The monoisotopic (exact) mass is 297 g/mol. The number of ether oxygens (including phenoxy) is 1. The first-order valence-corrected chi connectivity index (χ1v) is 7.69. The Morgan fingerprint density at radius 3 is 2.52 bits per heavy atom. The third-order valence-electron chi connectivity index (χ3n) is 4.97. The third kappa shape index (κ3) is 3.06. The van der Waals surface area contributed by atoms with E-state index in [0.29, 0.717) is 19.7 Å². The number of hydrogen-bond donors (Lipinski definition) is 2. The lowest BCUT2D eigenvalue weighted by molar-refractivity contribution is -0.147. The molecule has 2 fully saturated rings. The van der Waals surface area contributed by atoms with Crippen molar-refractivity contribution in [3.05, 3.63) is 0 Å². The summed E-state index contributed by atoms with van der Waals surface area (Å²) in [6.45, 7) is 5.24. The molecule has 1 atom stereocenters. The smallest absolute Gasteiger partial charge is 0.231 e. The van der Waals surface area contributed by atoms with Gasteiger partial charge in [0.2, 0.25) is 11.8 Å². The Morgan fingerprint density at radius 1 is 1.29 bits per heavy atom. The van der Waals surface area contributed by atoms with Crippen LogP contribution in [0.2, 0.25) is 0 Å². The quantitative estimate of drug-likeness (QED) is 0.765. The molecule has 0 aromatic rings. The van der Waals surface area contributed by atoms with E-state index in [9.17, 15) is 9.59 Å². The van der Waals surface area contributed by atoms with Crippen LogP contribution in [0, 0.1) is 10.8 Å². The Bertz CT molecular complexity index is 401. The Morgan fingerprint density at radius 2 is 1.95 bits per heavy atom. The van der Waals surface area contributed by atoms with Crippen molar-refractivity contribution in [2.75, 3.05) is 46.9 Å². The molecule has 0 bridgehead atoms. The van der Waals surface area contributed by atoms with Gasteiger partial charge in [0.05, 0.1) is 17.4 Å². The summed E-state index contributed by atoms with van der Waals surface area (Å²) in [6, 6.07) is 0. The molecule has 120 valence electrons. The molecule has 0 spiro atoms. The number of nitrogens with one attached hydrogen (secondary N) is 2. The van der Waals surface area contributed by atoms with Gasteiger partial charge in [0, 0.05) is 27.2 Å². The average molecular weight is 297 g/mol. The van der Waals surface area contributed by atoms with Crippen LogP contribution < -0.4 is 10.6 Å². The number of amides is 2. The molecule has 0 radical (unpaired) electrons. The molecule has 2 aliphatic heterocycles. The average Bonchev–Trinajstić information content (AvgIpc) is 2.90. The van der Waals surface area contributed by atoms with Crippen molar-refractivity contribution >= 4 is 11.8 Å². The standard InChI is InChI=1S/C15H27N3O3/c1-14(12(19)16-2)6-9-18(10-14)13(20)15(11-21-3)4-7-17-8-5-15/h17H,4-11H2,1-3H3,(H,16,19). The molecule has 0 saturated carbocycles. The van der Waals surface area contributed by atoms with E-state index < -0.39 is 10.8 Å². The fourth-order valence-electron chi connectivity index (χ4n) is 3.56. The SMILES string of the molecule is CNC(=O)C1(C)CCN(C(=O)C2(COC)CCNCC2)C1. The predicted molar refractivity (Wildman–Crippen MR) is 79.8 cm³/mol. The molecule has 2 aliphatic rings. The lowest BCUT2D eigenvalue weighted by atomic mass is 9.78. The van der Waals surface area contributed by atoms with Crippen molar-refractivity contribution < 1.29 is 14.3 Å². The maximum Gasteiger partial charge on any atom is 0.231 e. The Hall–Kier alpha value is -1.14. The molecular formula is C15H27N3O3. The van der Waals surface area contributed by atoms with Crippen molar-refractivity contribution in [1.29, 1.82) is 0 Å². The van der Waals surface area contributed by atoms with Gasteiger partial charge in [-0.15, -0.1) is 0 Å². The summed E-state index contributed by atoms with van der Waals surface area (Å²) in [5.74, 6) is 0.169. The minimum absolute atomic E-state index is 0.0175. The fourth-order valence-corrected chi connectivity index (χ4v) is 3.56. The highest BCUT2D eigenvalue weighted by molar-refractivity contribution is 5.87. The number of carbonyl (C=O) groups excluding carboxylic acids is 2. The van der Waals surface area contributed by atoms with Gasteiger partial charge < -0.3 is 20.3 Å². The van der Waals surface area contributed by atoms with Crippen molar-refractivity contribution in [1.82, 2.24) is 15.5 Å². The summed E-state index contributed by atoms with van der Waals surface area (Å²) in [7, 11) is 3.30. The van der Waals surface area contributed by atoms with Gasteiger partial charge in [0.25, 0.3) is 0 Å². The molecule has 6 nitrogen and oxygen atoms in total. The van der Waals surface area contributed by atoms with E-state index in [1.54, 1.807) is 14.2 Å². The Labute approximate surface area is 126 Å². The second-order valence-corrected chi connectivity index (χ2v) is 6.58. The van der Waals surface area contributed by atoms with Crippen LogP contribution in [-0.2, 0) is 14.3 Å². The molecule has 2 heterocycles. The Balaban J connectivity index is 2.10. The first-order chi connectivity index (χ1) is 9.97. The highest BCUT2D eigenvalue weighted by atomic mass is 16.5. The summed E-state index contributed by atoms with van der Waals surface area (Å²) in [5.41, 5.74) is -0.889. The first kappa shape index (κ1) is 16.2. The molecule has 2 amide bonds. The first-order valence-electron chi connectivity index (χ1n) is 7.69. The van der Waals surface area contributed by atoms with Crippen LogP contribution in [0.4, 0.5) is 0 Å². The van der Waals surface area contributed by atoms with Crippen molar-refractivity contribution in [3.63, 3.8) is 0 Å². The summed E-state index contributed by atoms with van der Waals surface area (Å²) < 4.78 is 5.33.